The average molecular weight is 164 g/mol. The number of hydrogen-bond donors (Lipinski definition) is 0. The van der Waals surface area contributed by atoms with Gasteiger partial charge in [-0.15, -0.1) is 0 Å². The van der Waals surface area contributed by atoms with Crippen LogP contribution < -0.4 is 0 Å². The van der Waals surface area contributed by atoms with Crippen LogP contribution in [0.3, 0.4) is 0 Å². The van der Waals surface area contributed by atoms with Crippen LogP contribution in [0.15, 0.2) is 12.3 Å². The van der Waals surface area contributed by atoms with E-state index in [4.69, 9.17) is 0 Å². The molecule has 1 aromatic rings. The van der Waals surface area contributed by atoms with Crippen molar-refractivity contribution in [3.63, 3.8) is 0 Å². The molecular formula is C10H16N2. The summed E-state index contributed by atoms with van der Waals surface area (Å²) in [6.45, 7) is 6.67. The van der Waals surface area contributed by atoms with Gasteiger partial charge in [-0.25, -0.2) is 0 Å². The van der Waals surface area contributed by atoms with Crippen LogP contribution in [-0.2, 0) is 13.1 Å². The Morgan fingerprint density at radius 1 is 1.50 bits per heavy atom. The van der Waals surface area contributed by atoms with Crippen molar-refractivity contribution in [2.75, 3.05) is 7.05 Å². The molecule has 1 atom stereocenters. The fourth-order valence-electron chi connectivity index (χ4n) is 1.85. The van der Waals surface area contributed by atoms with Crippen molar-refractivity contribution >= 4 is 0 Å². The number of aryl methyl sites for hydroxylation is 1. The van der Waals surface area contributed by atoms with Gasteiger partial charge in [0, 0.05) is 31.0 Å². The van der Waals surface area contributed by atoms with Crippen molar-refractivity contribution in [2.45, 2.75) is 33.0 Å². The molecule has 0 aromatic carbocycles. The second-order valence-corrected chi connectivity index (χ2v) is 3.93. The van der Waals surface area contributed by atoms with E-state index in [0.29, 0.717) is 6.04 Å². The van der Waals surface area contributed by atoms with Gasteiger partial charge in [-0.2, -0.15) is 0 Å². The van der Waals surface area contributed by atoms with Crippen LogP contribution in [0.1, 0.15) is 18.2 Å². The summed E-state index contributed by atoms with van der Waals surface area (Å²) in [6.07, 6.45) is 2.25. The molecule has 0 saturated carbocycles. The second kappa shape index (κ2) is 2.63. The molecule has 1 aromatic heterocycles. The number of hydrogen-bond acceptors (Lipinski definition) is 1. The fraction of sp³-hybridized carbons (Fsp3) is 0.600. The van der Waals surface area contributed by atoms with Gasteiger partial charge in [0.2, 0.25) is 0 Å². The van der Waals surface area contributed by atoms with Crippen LogP contribution in [0.4, 0.5) is 0 Å². The maximum Gasteiger partial charge on any atom is 0.0387 e. The molecule has 0 unspecified atom stereocenters. The Morgan fingerprint density at radius 2 is 2.25 bits per heavy atom. The van der Waals surface area contributed by atoms with Gasteiger partial charge >= 0.3 is 0 Å². The van der Waals surface area contributed by atoms with Crippen molar-refractivity contribution in [2.24, 2.45) is 0 Å². The molecule has 2 rings (SSSR count). The first-order chi connectivity index (χ1) is 5.66. The summed E-state index contributed by atoms with van der Waals surface area (Å²) >= 11 is 0. The predicted molar refractivity (Wildman–Crippen MR) is 50.1 cm³/mol. The quantitative estimate of drug-likeness (QED) is 0.566. The Hall–Kier alpha value is -0.760. The zero-order valence-corrected chi connectivity index (χ0v) is 8.04. The van der Waals surface area contributed by atoms with Gasteiger partial charge in [-0.1, -0.05) is 0 Å². The zero-order valence-electron chi connectivity index (χ0n) is 8.04. The molecule has 66 valence electrons. The van der Waals surface area contributed by atoms with Crippen LogP contribution >= 0.6 is 0 Å². The highest BCUT2D eigenvalue weighted by Gasteiger charge is 2.18. The van der Waals surface area contributed by atoms with E-state index in [-0.39, 0.29) is 0 Å². The van der Waals surface area contributed by atoms with Crippen LogP contribution in [0.2, 0.25) is 0 Å². The SMILES string of the molecule is Cc1cc2n(c1)C[C@@H](C)N(C)C2. The van der Waals surface area contributed by atoms with E-state index in [1.807, 2.05) is 0 Å². The van der Waals surface area contributed by atoms with E-state index in [0.717, 1.165) is 13.1 Å². The summed E-state index contributed by atoms with van der Waals surface area (Å²) in [5.41, 5.74) is 2.83. The minimum absolute atomic E-state index is 0.671. The lowest BCUT2D eigenvalue weighted by Gasteiger charge is -2.31. The average Bonchev–Trinajstić information content (AvgIpc) is 2.30. The van der Waals surface area contributed by atoms with Gasteiger partial charge < -0.3 is 4.57 Å². The Bertz CT molecular complexity index is 261. The first kappa shape index (κ1) is 7.87. The smallest absolute Gasteiger partial charge is 0.0387 e. The van der Waals surface area contributed by atoms with Gasteiger partial charge in [0.1, 0.15) is 0 Å². The van der Waals surface area contributed by atoms with Crippen molar-refractivity contribution in [3.05, 3.63) is 23.5 Å². The summed E-state index contributed by atoms with van der Waals surface area (Å²) in [5.74, 6) is 0. The standard InChI is InChI=1S/C10H16N2/c1-8-4-10-7-11(3)9(2)6-12(10)5-8/h4-5,9H,6-7H2,1-3H3/t9-/m1/s1. The van der Waals surface area contributed by atoms with Crippen molar-refractivity contribution in [1.82, 2.24) is 9.47 Å². The molecule has 0 amide bonds. The summed E-state index contributed by atoms with van der Waals surface area (Å²) < 4.78 is 2.38. The maximum absolute atomic E-state index is 2.40. The largest absolute Gasteiger partial charge is 0.348 e. The van der Waals surface area contributed by atoms with E-state index in [1.54, 1.807) is 0 Å². The normalized spacial score (nSPS) is 24.1. The monoisotopic (exact) mass is 164 g/mol. The van der Waals surface area contributed by atoms with Crippen molar-refractivity contribution in [3.8, 4) is 0 Å². The molecule has 0 N–H and O–H groups in total. The molecule has 12 heavy (non-hydrogen) atoms. The van der Waals surface area contributed by atoms with E-state index < -0.39 is 0 Å². The second-order valence-electron chi connectivity index (χ2n) is 3.93. The summed E-state index contributed by atoms with van der Waals surface area (Å²) in [6, 6.07) is 2.95. The van der Waals surface area contributed by atoms with Crippen LogP contribution in [0, 0.1) is 6.92 Å². The third kappa shape index (κ3) is 1.16. The zero-order chi connectivity index (χ0) is 8.72. The topological polar surface area (TPSA) is 8.17 Å². The Morgan fingerprint density at radius 3 is 3.00 bits per heavy atom. The van der Waals surface area contributed by atoms with E-state index in [2.05, 4.69) is 42.6 Å². The van der Waals surface area contributed by atoms with Gasteiger partial charge in [-0.05, 0) is 32.5 Å². The first-order valence-corrected chi connectivity index (χ1v) is 4.52. The molecule has 2 heterocycles. The predicted octanol–water partition coefficient (Wildman–Crippen LogP) is 1.63. The lowest BCUT2D eigenvalue weighted by Crippen LogP contribution is -2.37. The highest BCUT2D eigenvalue weighted by Crippen LogP contribution is 2.17. The van der Waals surface area contributed by atoms with Crippen LogP contribution in [0.25, 0.3) is 0 Å². The molecule has 0 spiro atoms. The molecule has 0 fully saturated rings. The Labute approximate surface area is 73.8 Å². The van der Waals surface area contributed by atoms with Gasteiger partial charge in [-0.3, -0.25) is 4.90 Å². The Kier molecular flexibility index (Phi) is 1.72. The number of rotatable bonds is 0. The van der Waals surface area contributed by atoms with Gasteiger partial charge in [0.05, 0.1) is 0 Å². The summed E-state index contributed by atoms with van der Waals surface area (Å²) in [4.78, 5) is 2.40. The lowest BCUT2D eigenvalue weighted by atomic mass is 10.2. The minimum atomic E-state index is 0.671. The van der Waals surface area contributed by atoms with E-state index >= 15 is 0 Å². The van der Waals surface area contributed by atoms with Crippen LogP contribution in [-0.4, -0.2) is 22.6 Å². The number of fused-ring (bicyclic) bond motifs is 1. The van der Waals surface area contributed by atoms with E-state index in [9.17, 15) is 0 Å². The lowest BCUT2D eigenvalue weighted by molar-refractivity contribution is 0.192. The number of nitrogens with zero attached hydrogens (tertiary/aromatic N) is 2. The molecule has 2 heteroatoms. The minimum Gasteiger partial charge on any atom is -0.348 e. The van der Waals surface area contributed by atoms with Gasteiger partial charge in [0.15, 0.2) is 0 Å². The molecule has 0 saturated heterocycles. The first-order valence-electron chi connectivity index (χ1n) is 4.52. The van der Waals surface area contributed by atoms with Crippen molar-refractivity contribution in [1.29, 1.82) is 0 Å². The number of aromatic nitrogens is 1. The van der Waals surface area contributed by atoms with Crippen molar-refractivity contribution < 1.29 is 0 Å². The molecule has 0 radical (unpaired) electrons. The molecular weight excluding hydrogens is 148 g/mol. The van der Waals surface area contributed by atoms with Crippen LogP contribution in [0.5, 0.6) is 0 Å². The molecule has 0 aliphatic carbocycles. The molecule has 1 aliphatic heterocycles. The van der Waals surface area contributed by atoms with E-state index in [1.165, 1.54) is 11.3 Å². The highest BCUT2D eigenvalue weighted by molar-refractivity contribution is 5.18. The van der Waals surface area contributed by atoms with Gasteiger partial charge in [0.25, 0.3) is 0 Å². The molecule has 0 bridgehead atoms. The Balaban J connectivity index is 2.33. The summed E-state index contributed by atoms with van der Waals surface area (Å²) in [5, 5.41) is 0. The molecule has 1 aliphatic rings. The highest BCUT2D eigenvalue weighted by atomic mass is 15.2. The third-order valence-electron chi connectivity index (χ3n) is 2.75. The fourth-order valence-corrected chi connectivity index (χ4v) is 1.85. The maximum atomic E-state index is 2.40. The molecule has 2 nitrogen and oxygen atoms in total. The third-order valence-corrected chi connectivity index (χ3v) is 2.75. The number of likely N-dealkylation sites (N-methyl/N-ethyl adjacent to an activating group) is 1. The summed E-state index contributed by atoms with van der Waals surface area (Å²) in [7, 11) is 2.19.